The van der Waals surface area contributed by atoms with E-state index < -0.39 is 0 Å². The van der Waals surface area contributed by atoms with E-state index in [4.69, 9.17) is 4.98 Å². The second-order valence-corrected chi connectivity index (χ2v) is 9.76. The summed E-state index contributed by atoms with van der Waals surface area (Å²) in [6.45, 7) is 12.5. The molecule has 0 aliphatic heterocycles. The van der Waals surface area contributed by atoms with Gasteiger partial charge in [0, 0.05) is 37.4 Å². The van der Waals surface area contributed by atoms with Crippen molar-refractivity contribution in [2.45, 2.75) is 53.1 Å². The third-order valence-corrected chi connectivity index (χ3v) is 6.38. The number of benzene rings is 2. The largest absolute Gasteiger partial charge is 0.354 e. The fraction of sp³-hybridized carbons (Fsp3) is 0.321. The van der Waals surface area contributed by atoms with Gasteiger partial charge in [-0.3, -0.25) is 0 Å². The molecule has 4 aromatic rings. The molecule has 0 aliphatic rings. The summed E-state index contributed by atoms with van der Waals surface area (Å²) in [7, 11) is 2.05. The molecule has 2 heterocycles. The van der Waals surface area contributed by atoms with Crippen molar-refractivity contribution in [1.82, 2.24) is 9.55 Å². The minimum Gasteiger partial charge on any atom is -0.354 e. The van der Waals surface area contributed by atoms with Crippen molar-refractivity contribution in [3.8, 4) is 0 Å². The van der Waals surface area contributed by atoms with E-state index in [9.17, 15) is 4.39 Å². The topological polar surface area (TPSA) is 21.1 Å². The maximum Gasteiger partial charge on any atom is 0.153 e. The minimum atomic E-state index is -0.214. The normalized spacial score (nSPS) is 11.8. The predicted molar refractivity (Wildman–Crippen MR) is 132 cm³/mol. The molecule has 0 aliphatic carbocycles. The zero-order valence-corrected chi connectivity index (χ0v) is 19.9. The molecule has 0 atom stereocenters. The van der Waals surface area contributed by atoms with Crippen molar-refractivity contribution in [3.63, 3.8) is 0 Å². The molecule has 2 aromatic carbocycles. The number of aryl methyl sites for hydroxylation is 1. The highest BCUT2D eigenvalue weighted by Crippen LogP contribution is 2.32. The Morgan fingerprint density at radius 2 is 1.53 bits per heavy atom. The Kier molecular flexibility index (Phi) is 5.81. The Morgan fingerprint density at radius 1 is 0.906 bits per heavy atom. The SMILES string of the molecule is Cc1c(C)n(Cc2ccc(C(C)(C)C)cc2)c2c(N(C)Cc3ccc(F)cc3)nccc12. The number of fused-ring (bicyclic) bond motifs is 1. The van der Waals surface area contributed by atoms with Gasteiger partial charge in [0.05, 0.1) is 5.52 Å². The summed E-state index contributed by atoms with van der Waals surface area (Å²) in [6.07, 6.45) is 1.88. The lowest BCUT2D eigenvalue weighted by molar-refractivity contribution is 0.590. The van der Waals surface area contributed by atoms with Gasteiger partial charge in [0.1, 0.15) is 5.82 Å². The van der Waals surface area contributed by atoms with Gasteiger partial charge in [-0.2, -0.15) is 0 Å². The smallest absolute Gasteiger partial charge is 0.153 e. The fourth-order valence-corrected chi connectivity index (χ4v) is 4.28. The second kappa shape index (κ2) is 8.42. The first-order chi connectivity index (χ1) is 15.1. The van der Waals surface area contributed by atoms with E-state index in [2.05, 4.69) is 74.4 Å². The Morgan fingerprint density at radius 3 is 2.16 bits per heavy atom. The van der Waals surface area contributed by atoms with Crippen LogP contribution in [0.25, 0.3) is 10.9 Å². The third-order valence-electron chi connectivity index (χ3n) is 6.38. The van der Waals surface area contributed by atoms with Crippen LogP contribution >= 0.6 is 0 Å². The second-order valence-electron chi connectivity index (χ2n) is 9.76. The van der Waals surface area contributed by atoms with Crippen molar-refractivity contribution >= 4 is 16.7 Å². The van der Waals surface area contributed by atoms with Gasteiger partial charge in [-0.1, -0.05) is 57.2 Å². The third kappa shape index (κ3) is 4.27. The van der Waals surface area contributed by atoms with E-state index in [0.717, 1.165) is 23.4 Å². The van der Waals surface area contributed by atoms with Crippen molar-refractivity contribution in [3.05, 3.63) is 94.6 Å². The highest BCUT2D eigenvalue weighted by molar-refractivity contribution is 5.93. The maximum absolute atomic E-state index is 13.3. The number of hydrogen-bond donors (Lipinski definition) is 0. The molecule has 0 unspecified atom stereocenters. The van der Waals surface area contributed by atoms with Gasteiger partial charge in [-0.05, 0) is 59.7 Å². The number of halogens is 1. The number of pyridine rings is 1. The van der Waals surface area contributed by atoms with Gasteiger partial charge in [0.15, 0.2) is 5.82 Å². The van der Waals surface area contributed by atoms with Gasteiger partial charge in [0.25, 0.3) is 0 Å². The molecule has 166 valence electrons. The predicted octanol–water partition coefficient (Wildman–Crippen LogP) is 6.77. The van der Waals surface area contributed by atoms with Crippen molar-refractivity contribution in [2.75, 3.05) is 11.9 Å². The van der Waals surface area contributed by atoms with Crippen molar-refractivity contribution in [1.29, 1.82) is 0 Å². The van der Waals surface area contributed by atoms with Gasteiger partial charge in [-0.25, -0.2) is 9.37 Å². The Bertz CT molecular complexity index is 1230. The zero-order valence-electron chi connectivity index (χ0n) is 19.9. The van der Waals surface area contributed by atoms with Crippen LogP contribution in [0.3, 0.4) is 0 Å². The first-order valence-corrected chi connectivity index (χ1v) is 11.1. The van der Waals surface area contributed by atoms with E-state index in [1.165, 1.54) is 39.9 Å². The Hall–Kier alpha value is -3.14. The van der Waals surface area contributed by atoms with E-state index in [1.807, 2.05) is 25.4 Å². The maximum atomic E-state index is 13.3. The summed E-state index contributed by atoms with van der Waals surface area (Å²) in [6, 6.07) is 17.7. The molecule has 4 rings (SSSR count). The van der Waals surface area contributed by atoms with Gasteiger partial charge < -0.3 is 9.47 Å². The average Bonchev–Trinajstić information content (AvgIpc) is 3.00. The van der Waals surface area contributed by atoms with Crippen LogP contribution < -0.4 is 4.90 Å². The highest BCUT2D eigenvalue weighted by atomic mass is 19.1. The Labute approximate surface area is 190 Å². The first-order valence-electron chi connectivity index (χ1n) is 11.1. The molecule has 0 N–H and O–H groups in total. The Balaban J connectivity index is 1.73. The minimum absolute atomic E-state index is 0.144. The molecule has 0 bridgehead atoms. The van der Waals surface area contributed by atoms with Gasteiger partial charge in [-0.15, -0.1) is 0 Å². The molecule has 0 fully saturated rings. The molecule has 0 saturated heterocycles. The molecule has 0 spiro atoms. The molecule has 4 heteroatoms. The lowest BCUT2D eigenvalue weighted by Crippen LogP contribution is -2.19. The van der Waals surface area contributed by atoms with E-state index in [0.29, 0.717) is 6.54 Å². The van der Waals surface area contributed by atoms with Crippen LogP contribution in [0.1, 0.15) is 48.7 Å². The van der Waals surface area contributed by atoms with Crippen molar-refractivity contribution in [2.24, 2.45) is 0 Å². The quantitative estimate of drug-likeness (QED) is 0.349. The molecule has 0 radical (unpaired) electrons. The van der Waals surface area contributed by atoms with Crippen LogP contribution in [-0.4, -0.2) is 16.6 Å². The molecular weight excluding hydrogens is 397 g/mol. The zero-order chi connectivity index (χ0) is 23.0. The fourth-order valence-electron chi connectivity index (χ4n) is 4.28. The van der Waals surface area contributed by atoms with Crippen LogP contribution in [0.4, 0.5) is 10.2 Å². The van der Waals surface area contributed by atoms with Crippen LogP contribution in [-0.2, 0) is 18.5 Å². The van der Waals surface area contributed by atoms with E-state index in [-0.39, 0.29) is 11.2 Å². The van der Waals surface area contributed by atoms with Gasteiger partial charge in [0.2, 0.25) is 0 Å². The summed E-state index contributed by atoms with van der Waals surface area (Å²) < 4.78 is 15.7. The molecule has 32 heavy (non-hydrogen) atoms. The summed E-state index contributed by atoms with van der Waals surface area (Å²) in [5.74, 6) is 0.726. The molecule has 0 saturated carbocycles. The van der Waals surface area contributed by atoms with Crippen molar-refractivity contribution < 1.29 is 4.39 Å². The van der Waals surface area contributed by atoms with Crippen LogP contribution in [0.2, 0.25) is 0 Å². The lowest BCUT2D eigenvalue weighted by atomic mass is 9.87. The summed E-state index contributed by atoms with van der Waals surface area (Å²) in [4.78, 5) is 6.90. The van der Waals surface area contributed by atoms with E-state index >= 15 is 0 Å². The standard InChI is InChI=1S/C28H32FN3/c1-19-20(2)32(18-22-7-11-23(12-8-22)28(3,4)5)26-25(19)15-16-30-27(26)31(6)17-21-9-13-24(29)14-10-21/h7-16H,17-18H2,1-6H3. The van der Waals surface area contributed by atoms with E-state index in [1.54, 1.807) is 0 Å². The summed E-state index contributed by atoms with van der Waals surface area (Å²) >= 11 is 0. The number of nitrogens with zero attached hydrogens (tertiary/aromatic N) is 3. The number of anilines is 1. The molecule has 3 nitrogen and oxygen atoms in total. The van der Waals surface area contributed by atoms with Gasteiger partial charge >= 0.3 is 0 Å². The highest BCUT2D eigenvalue weighted by Gasteiger charge is 2.19. The van der Waals surface area contributed by atoms with Crippen LogP contribution in [0.5, 0.6) is 0 Å². The van der Waals surface area contributed by atoms with Crippen LogP contribution in [0, 0.1) is 19.7 Å². The molecule has 0 amide bonds. The average molecular weight is 430 g/mol. The lowest BCUT2D eigenvalue weighted by Gasteiger charge is -2.21. The number of rotatable bonds is 5. The summed E-state index contributed by atoms with van der Waals surface area (Å²) in [5.41, 5.74) is 7.49. The first kappa shape index (κ1) is 22.1. The molecular formula is C28H32FN3. The summed E-state index contributed by atoms with van der Waals surface area (Å²) in [5, 5.41) is 1.23. The van der Waals surface area contributed by atoms with Crippen LogP contribution in [0.15, 0.2) is 60.8 Å². The number of aromatic nitrogens is 2. The monoisotopic (exact) mass is 429 g/mol. The number of hydrogen-bond acceptors (Lipinski definition) is 2. The molecule has 2 aromatic heterocycles.